The first kappa shape index (κ1) is 28.3. The number of nitrogens with zero attached hydrogens (tertiary/aromatic N) is 4. The third-order valence-corrected chi connectivity index (χ3v) is 7.33. The van der Waals surface area contributed by atoms with Gasteiger partial charge in [-0.2, -0.15) is 5.21 Å². The van der Waals surface area contributed by atoms with Gasteiger partial charge >= 0.3 is 6.03 Å². The number of tetrazole rings is 1. The minimum atomic E-state index is -0.326. The predicted molar refractivity (Wildman–Crippen MR) is 149 cm³/mol. The van der Waals surface area contributed by atoms with Crippen molar-refractivity contribution in [3.05, 3.63) is 64.1 Å². The number of halogens is 1. The highest BCUT2D eigenvalue weighted by atomic mass is 79.9. The quantitative estimate of drug-likeness (QED) is 0.313. The van der Waals surface area contributed by atoms with Crippen molar-refractivity contribution in [2.75, 3.05) is 10.6 Å². The summed E-state index contributed by atoms with van der Waals surface area (Å²) in [5, 5.41) is 18.9. The van der Waals surface area contributed by atoms with Crippen LogP contribution in [0.25, 0.3) is 0 Å². The molecule has 198 valence electrons. The fourth-order valence-electron chi connectivity index (χ4n) is 4.73. The second-order valence-corrected chi connectivity index (χ2v) is 11.2. The van der Waals surface area contributed by atoms with Crippen LogP contribution in [0.2, 0.25) is 0 Å². The summed E-state index contributed by atoms with van der Waals surface area (Å²) >= 11 is 3.47. The van der Waals surface area contributed by atoms with Crippen LogP contribution in [0, 0.1) is 11.3 Å². The second-order valence-electron chi connectivity index (χ2n) is 10.3. The third kappa shape index (κ3) is 7.61. The first-order chi connectivity index (χ1) is 17.2. The maximum atomic E-state index is 13.5. The summed E-state index contributed by atoms with van der Waals surface area (Å²) in [6.07, 6.45) is 4.14. The maximum Gasteiger partial charge on any atom is 0.322 e. The van der Waals surface area contributed by atoms with Crippen LogP contribution in [0.1, 0.15) is 69.8 Å². The zero-order valence-corrected chi connectivity index (χ0v) is 22.4. The highest BCUT2D eigenvalue weighted by Gasteiger charge is 2.33. The number of rotatable bonds is 6. The number of H-pyrrole nitrogens is 1. The highest BCUT2D eigenvalue weighted by molar-refractivity contribution is 9.10. The number of urea groups is 1. The van der Waals surface area contributed by atoms with Gasteiger partial charge < -0.3 is 10.2 Å². The first-order valence-corrected chi connectivity index (χ1v) is 13.0. The normalized spacial score (nSPS) is 17.4. The van der Waals surface area contributed by atoms with Crippen LogP contribution in [0.15, 0.2) is 53.0 Å². The van der Waals surface area contributed by atoms with Crippen molar-refractivity contribution in [2.24, 2.45) is 11.3 Å². The molecule has 3 amide bonds. The number of aromatic nitrogens is 4. The molecule has 1 aromatic heterocycles. The standard InChI is InChI=1S/C26H32BrN7O2.CH4/c1-26(2,3)19-11-13-22(14-12-19)34(25(36)28-21-6-4-5-20(27)15-21)16-17-7-9-18(10-8-17)23(35)29-24-30-32-33-31-24;/h4-10,15,19,22H,11-14,16H2,1-3H3,(H,28,36)(H2,29,30,31,32,33,35);1H4. The van der Waals surface area contributed by atoms with Gasteiger partial charge in [0.15, 0.2) is 0 Å². The Morgan fingerprint density at radius 1 is 1.05 bits per heavy atom. The molecule has 0 unspecified atom stereocenters. The van der Waals surface area contributed by atoms with Gasteiger partial charge in [-0.1, -0.05) is 67.4 Å². The molecular formula is C27H36BrN7O2. The van der Waals surface area contributed by atoms with Gasteiger partial charge in [0.05, 0.1) is 0 Å². The number of hydrogen-bond donors (Lipinski definition) is 3. The molecule has 0 radical (unpaired) electrons. The van der Waals surface area contributed by atoms with E-state index in [-0.39, 0.29) is 36.8 Å². The Bertz CT molecular complexity index is 1170. The van der Waals surface area contributed by atoms with E-state index in [1.165, 1.54) is 0 Å². The van der Waals surface area contributed by atoms with Gasteiger partial charge in [-0.15, -0.1) is 5.10 Å². The fraction of sp³-hybridized carbons (Fsp3) is 0.444. The van der Waals surface area contributed by atoms with Crippen LogP contribution in [0.3, 0.4) is 0 Å². The molecule has 0 bridgehead atoms. The van der Waals surface area contributed by atoms with Crippen molar-refractivity contribution >= 4 is 39.5 Å². The van der Waals surface area contributed by atoms with E-state index >= 15 is 0 Å². The van der Waals surface area contributed by atoms with Gasteiger partial charge in [0, 0.05) is 28.3 Å². The van der Waals surface area contributed by atoms with Crippen molar-refractivity contribution in [1.82, 2.24) is 25.5 Å². The number of nitrogens with one attached hydrogen (secondary N) is 3. The zero-order valence-electron chi connectivity index (χ0n) is 20.8. The Kier molecular flexibility index (Phi) is 9.42. The first-order valence-electron chi connectivity index (χ1n) is 12.2. The molecule has 3 N–H and O–H groups in total. The smallest absolute Gasteiger partial charge is 0.317 e. The zero-order chi connectivity index (χ0) is 25.7. The van der Waals surface area contributed by atoms with Gasteiger partial charge in [0.2, 0.25) is 0 Å². The summed E-state index contributed by atoms with van der Waals surface area (Å²) in [6.45, 7) is 7.35. The van der Waals surface area contributed by atoms with Crippen LogP contribution < -0.4 is 10.6 Å². The fourth-order valence-corrected chi connectivity index (χ4v) is 5.13. The number of anilines is 2. The van der Waals surface area contributed by atoms with Crippen LogP contribution in [-0.4, -0.2) is 43.5 Å². The molecule has 0 atom stereocenters. The van der Waals surface area contributed by atoms with Crippen molar-refractivity contribution in [3.8, 4) is 0 Å². The average molecular weight is 571 g/mol. The number of amides is 3. The van der Waals surface area contributed by atoms with E-state index in [0.29, 0.717) is 18.0 Å². The summed E-state index contributed by atoms with van der Waals surface area (Å²) in [5.41, 5.74) is 2.44. The van der Waals surface area contributed by atoms with E-state index in [4.69, 9.17) is 0 Å². The molecular weight excluding hydrogens is 534 g/mol. The molecule has 1 aliphatic carbocycles. The lowest BCUT2D eigenvalue weighted by Gasteiger charge is -2.41. The number of carbonyl (C=O) groups excluding carboxylic acids is 2. The van der Waals surface area contributed by atoms with Crippen molar-refractivity contribution in [2.45, 2.75) is 66.5 Å². The minimum absolute atomic E-state index is 0. The van der Waals surface area contributed by atoms with Crippen LogP contribution in [-0.2, 0) is 6.54 Å². The van der Waals surface area contributed by atoms with Gasteiger partial charge in [-0.3, -0.25) is 10.1 Å². The maximum absolute atomic E-state index is 13.5. The van der Waals surface area contributed by atoms with Crippen molar-refractivity contribution < 1.29 is 9.59 Å². The molecule has 4 rings (SSSR count). The molecule has 3 aromatic rings. The molecule has 1 saturated carbocycles. The molecule has 9 nitrogen and oxygen atoms in total. The molecule has 37 heavy (non-hydrogen) atoms. The van der Waals surface area contributed by atoms with Gasteiger partial charge in [-0.05, 0) is 78.1 Å². The molecule has 1 fully saturated rings. The molecule has 0 saturated heterocycles. The second kappa shape index (κ2) is 12.3. The lowest BCUT2D eigenvalue weighted by atomic mass is 9.71. The number of hydrogen-bond acceptors (Lipinski definition) is 5. The van der Waals surface area contributed by atoms with E-state index in [1.807, 2.05) is 41.3 Å². The monoisotopic (exact) mass is 569 g/mol. The van der Waals surface area contributed by atoms with Gasteiger partial charge in [0.25, 0.3) is 11.9 Å². The van der Waals surface area contributed by atoms with Gasteiger partial charge in [-0.25, -0.2) is 4.79 Å². The largest absolute Gasteiger partial charge is 0.322 e. The minimum Gasteiger partial charge on any atom is -0.317 e. The summed E-state index contributed by atoms with van der Waals surface area (Å²) in [6, 6.07) is 14.9. The van der Waals surface area contributed by atoms with Gasteiger partial charge in [0.1, 0.15) is 0 Å². The molecule has 0 aliphatic heterocycles. The van der Waals surface area contributed by atoms with Crippen molar-refractivity contribution in [3.63, 3.8) is 0 Å². The summed E-state index contributed by atoms with van der Waals surface area (Å²) in [7, 11) is 0. The molecule has 1 heterocycles. The molecule has 10 heteroatoms. The average Bonchev–Trinajstić information content (AvgIpc) is 3.35. The third-order valence-electron chi connectivity index (χ3n) is 6.84. The van der Waals surface area contributed by atoms with E-state index < -0.39 is 0 Å². The number of benzene rings is 2. The Hall–Kier alpha value is -3.27. The summed E-state index contributed by atoms with van der Waals surface area (Å²) in [4.78, 5) is 27.8. The highest BCUT2D eigenvalue weighted by Crippen LogP contribution is 2.39. The van der Waals surface area contributed by atoms with Crippen molar-refractivity contribution in [1.29, 1.82) is 0 Å². The number of aromatic amines is 1. The Morgan fingerprint density at radius 3 is 2.35 bits per heavy atom. The summed E-state index contributed by atoms with van der Waals surface area (Å²) < 4.78 is 0.909. The lowest BCUT2D eigenvalue weighted by Crippen LogP contribution is -2.45. The van der Waals surface area contributed by atoms with Crippen LogP contribution in [0.4, 0.5) is 16.4 Å². The van der Waals surface area contributed by atoms with Crippen LogP contribution >= 0.6 is 15.9 Å². The van der Waals surface area contributed by atoms with E-state index in [1.54, 1.807) is 12.1 Å². The lowest BCUT2D eigenvalue weighted by molar-refractivity contribution is 0.102. The van der Waals surface area contributed by atoms with Crippen LogP contribution in [0.5, 0.6) is 0 Å². The van der Waals surface area contributed by atoms with E-state index in [0.717, 1.165) is 41.4 Å². The Labute approximate surface area is 226 Å². The van der Waals surface area contributed by atoms with E-state index in [2.05, 4.69) is 68.0 Å². The topological polar surface area (TPSA) is 116 Å². The molecule has 2 aromatic carbocycles. The SMILES string of the molecule is C.CC(C)(C)C1CCC(N(Cc2ccc(C(=O)Nc3nn[nH]n3)cc2)C(=O)Nc2cccc(Br)c2)CC1. The van der Waals surface area contributed by atoms with E-state index in [9.17, 15) is 9.59 Å². The Balaban J connectivity index is 0.00000380. The number of carbonyl (C=O) groups is 2. The predicted octanol–water partition coefficient (Wildman–Crippen LogP) is 6.49. The Morgan fingerprint density at radius 2 is 1.76 bits per heavy atom. The molecule has 0 spiro atoms. The summed E-state index contributed by atoms with van der Waals surface area (Å²) in [5.74, 6) is 0.443. The molecule has 1 aliphatic rings.